The van der Waals surface area contributed by atoms with Crippen LogP contribution in [0.15, 0.2) is 53.1 Å². The van der Waals surface area contributed by atoms with Crippen LogP contribution in [-0.2, 0) is 19.8 Å². The second-order valence-electron chi connectivity index (χ2n) is 8.89. The van der Waals surface area contributed by atoms with Gasteiger partial charge in [0, 0.05) is 36.3 Å². The third-order valence-electron chi connectivity index (χ3n) is 6.63. The molecule has 178 valence electrons. The Balaban J connectivity index is 1.32. The van der Waals surface area contributed by atoms with Gasteiger partial charge in [-0.3, -0.25) is 4.90 Å². The zero-order valence-corrected chi connectivity index (χ0v) is 22.3. The van der Waals surface area contributed by atoms with Gasteiger partial charge in [0.05, 0.1) is 23.0 Å². The van der Waals surface area contributed by atoms with E-state index in [4.69, 9.17) is 16.6 Å². The molecule has 0 saturated carbocycles. The molecule has 0 amide bonds. The highest BCUT2D eigenvalue weighted by atomic mass is 79.9. The predicted molar refractivity (Wildman–Crippen MR) is 144 cm³/mol. The fourth-order valence-electron chi connectivity index (χ4n) is 4.73. The van der Waals surface area contributed by atoms with Crippen molar-refractivity contribution < 1.29 is 5.11 Å². The molecule has 4 heterocycles. The van der Waals surface area contributed by atoms with E-state index in [2.05, 4.69) is 50.0 Å². The Morgan fingerprint density at radius 2 is 2.06 bits per heavy atom. The van der Waals surface area contributed by atoms with E-state index in [0.29, 0.717) is 10.9 Å². The first-order valence-electron chi connectivity index (χ1n) is 11.5. The second-order valence-corrected chi connectivity index (χ2v) is 12.4. The van der Waals surface area contributed by atoms with Gasteiger partial charge in [-0.25, -0.2) is 4.98 Å². The summed E-state index contributed by atoms with van der Waals surface area (Å²) in [5.41, 5.74) is 2.49. The summed E-state index contributed by atoms with van der Waals surface area (Å²) in [6, 6.07) is 14.1. The maximum atomic E-state index is 9.54. The van der Waals surface area contributed by atoms with Gasteiger partial charge in [-0.2, -0.15) is 9.61 Å². The highest BCUT2D eigenvalue weighted by molar-refractivity contribution is 9.10. The summed E-state index contributed by atoms with van der Waals surface area (Å²) in [4.78, 5) is 7.37. The van der Waals surface area contributed by atoms with Crippen molar-refractivity contribution in [3.8, 4) is 11.3 Å². The monoisotopic (exact) mass is 559 g/mol. The van der Waals surface area contributed by atoms with Gasteiger partial charge < -0.3 is 10.4 Å². The normalized spacial score (nSPS) is 17.4. The molecule has 2 unspecified atom stereocenters. The number of halogens is 2. The lowest BCUT2D eigenvalue weighted by atomic mass is 9.98. The Morgan fingerprint density at radius 3 is 2.85 bits per heavy atom. The van der Waals surface area contributed by atoms with E-state index in [1.165, 1.54) is 23.4 Å². The van der Waals surface area contributed by atoms with Crippen LogP contribution >= 0.6 is 35.1 Å². The van der Waals surface area contributed by atoms with Crippen LogP contribution in [0.4, 0.5) is 5.82 Å². The van der Waals surface area contributed by atoms with Crippen LogP contribution in [0.2, 0.25) is 5.02 Å². The van der Waals surface area contributed by atoms with Crippen molar-refractivity contribution in [2.45, 2.75) is 26.0 Å². The van der Waals surface area contributed by atoms with Crippen LogP contribution in [0.1, 0.15) is 23.4 Å². The molecule has 0 aliphatic carbocycles. The van der Waals surface area contributed by atoms with Crippen molar-refractivity contribution in [3.05, 3.63) is 68.7 Å². The predicted octanol–water partition coefficient (Wildman–Crippen LogP) is 6.15. The molecule has 0 spiro atoms. The van der Waals surface area contributed by atoms with Gasteiger partial charge >= 0.3 is 0 Å². The molecule has 0 bridgehead atoms. The summed E-state index contributed by atoms with van der Waals surface area (Å²) in [6.07, 6.45) is 4.18. The van der Waals surface area contributed by atoms with Crippen LogP contribution in [0.25, 0.3) is 16.9 Å². The van der Waals surface area contributed by atoms with Gasteiger partial charge in [0.2, 0.25) is 0 Å². The molecule has 1 saturated heterocycles. The number of piperidine rings is 1. The quantitative estimate of drug-likeness (QED) is 0.284. The molecule has 9 heteroatoms. The van der Waals surface area contributed by atoms with Crippen molar-refractivity contribution in [2.75, 3.05) is 25.0 Å². The number of aromatic nitrogens is 3. The van der Waals surface area contributed by atoms with Crippen molar-refractivity contribution in [3.63, 3.8) is 0 Å². The molecule has 5 rings (SSSR count). The van der Waals surface area contributed by atoms with Crippen molar-refractivity contribution in [1.29, 1.82) is 0 Å². The maximum Gasteiger partial charge on any atom is 0.172 e. The average molecular weight is 561 g/mol. The number of nitrogens with one attached hydrogen (secondary N) is 1. The fourth-order valence-corrected chi connectivity index (χ4v) is 6.90. The highest BCUT2D eigenvalue weighted by Crippen LogP contribution is 2.37. The topological polar surface area (TPSA) is 65.7 Å². The Morgan fingerprint density at radius 1 is 1.24 bits per heavy atom. The number of aliphatic hydroxyl groups excluding tert-OH is 1. The molecule has 0 radical (unpaired) electrons. The summed E-state index contributed by atoms with van der Waals surface area (Å²) in [5, 5.41) is 21.0. The SMILES string of the molecule is Cp1c(CO)ccc1CN1CCCC(CNc2cc(-c3ccccc3Cl)nc3c(Br)cnn23)C1. The smallest absolute Gasteiger partial charge is 0.172 e. The number of likely N-dealkylation sites (tertiary alicyclic amines) is 1. The zero-order valence-electron chi connectivity index (χ0n) is 19.1. The fraction of sp³-hybridized carbons (Fsp3) is 0.360. The van der Waals surface area contributed by atoms with Crippen molar-refractivity contribution >= 4 is 46.5 Å². The maximum absolute atomic E-state index is 9.54. The molecule has 2 atom stereocenters. The van der Waals surface area contributed by atoms with Gasteiger partial charge in [0.15, 0.2) is 5.65 Å². The molecule has 1 aliphatic heterocycles. The van der Waals surface area contributed by atoms with Gasteiger partial charge in [-0.05, 0) is 64.6 Å². The Kier molecular flexibility index (Phi) is 7.28. The van der Waals surface area contributed by atoms with E-state index in [-0.39, 0.29) is 14.1 Å². The molecule has 6 nitrogen and oxygen atoms in total. The van der Waals surface area contributed by atoms with E-state index in [9.17, 15) is 5.11 Å². The number of benzene rings is 1. The third kappa shape index (κ3) is 4.91. The molecule has 2 N–H and O–H groups in total. The van der Waals surface area contributed by atoms with Crippen molar-refractivity contribution in [1.82, 2.24) is 19.5 Å². The Bertz CT molecular complexity index is 1310. The van der Waals surface area contributed by atoms with Gasteiger partial charge in [-0.1, -0.05) is 41.9 Å². The van der Waals surface area contributed by atoms with Crippen LogP contribution in [-0.4, -0.2) is 44.2 Å². The number of hydrogen-bond acceptors (Lipinski definition) is 5. The summed E-state index contributed by atoms with van der Waals surface area (Å²) in [5.74, 6) is 1.46. The number of hydrogen-bond donors (Lipinski definition) is 2. The summed E-state index contributed by atoms with van der Waals surface area (Å²) in [6.45, 7) is 6.50. The zero-order chi connectivity index (χ0) is 23.7. The van der Waals surface area contributed by atoms with Crippen LogP contribution < -0.4 is 5.32 Å². The first kappa shape index (κ1) is 23.8. The van der Waals surface area contributed by atoms with E-state index in [0.717, 1.165) is 53.4 Å². The molecular formula is C25H28BrClN5OP. The number of aliphatic hydroxyl groups is 1. The highest BCUT2D eigenvalue weighted by Gasteiger charge is 2.22. The number of rotatable bonds is 7. The Hall–Kier alpha value is -1.89. The van der Waals surface area contributed by atoms with Gasteiger partial charge in [0.25, 0.3) is 0 Å². The second kappa shape index (κ2) is 10.4. The van der Waals surface area contributed by atoms with Crippen molar-refractivity contribution in [2.24, 2.45) is 12.6 Å². The lowest BCUT2D eigenvalue weighted by molar-refractivity contribution is 0.174. The standard InChI is InChI=1S/C25H28BrClN5OP/c1-34-18(8-9-19(34)16-33)15-31-10-4-5-17(14-31)12-28-24-11-23(20-6-2-3-7-22(20)27)30-25-21(26)13-29-32(24)25/h2-3,6-9,11,13,17,28,33H,4-5,10,12,14-16H2,1H3. The average Bonchev–Trinajstić information content (AvgIpc) is 3.40. The van der Waals surface area contributed by atoms with E-state index in [1.807, 2.05) is 34.8 Å². The molecule has 1 aromatic carbocycles. The van der Waals surface area contributed by atoms with E-state index >= 15 is 0 Å². The molecular weight excluding hydrogens is 533 g/mol. The lowest BCUT2D eigenvalue weighted by Gasteiger charge is -2.33. The van der Waals surface area contributed by atoms with Gasteiger partial charge in [0.1, 0.15) is 5.82 Å². The molecule has 1 aliphatic rings. The number of nitrogens with zero attached hydrogens (tertiary/aromatic N) is 4. The molecule has 34 heavy (non-hydrogen) atoms. The summed E-state index contributed by atoms with van der Waals surface area (Å²) in [7, 11) is -0.340. The molecule has 3 aromatic heterocycles. The summed E-state index contributed by atoms with van der Waals surface area (Å²) < 4.78 is 2.70. The minimum atomic E-state index is -0.340. The number of anilines is 1. The van der Waals surface area contributed by atoms with E-state index < -0.39 is 0 Å². The van der Waals surface area contributed by atoms with Crippen LogP contribution in [0.5, 0.6) is 0 Å². The van der Waals surface area contributed by atoms with Crippen LogP contribution in [0, 0.1) is 5.92 Å². The first-order valence-corrected chi connectivity index (χ1v) is 14.5. The Labute approximate surface area is 214 Å². The minimum Gasteiger partial charge on any atom is -0.391 e. The summed E-state index contributed by atoms with van der Waals surface area (Å²) >= 11 is 10.0. The largest absolute Gasteiger partial charge is 0.391 e. The van der Waals surface area contributed by atoms with E-state index in [1.54, 1.807) is 6.20 Å². The lowest BCUT2D eigenvalue weighted by Crippen LogP contribution is -2.37. The number of fused-ring (bicyclic) bond motifs is 1. The van der Waals surface area contributed by atoms with Gasteiger partial charge in [-0.15, -0.1) is 7.53 Å². The van der Waals surface area contributed by atoms with Crippen LogP contribution in [0.3, 0.4) is 0 Å². The minimum absolute atomic E-state index is 0.175. The molecule has 4 aromatic rings. The first-order chi connectivity index (χ1) is 16.5. The molecule has 1 fully saturated rings. The third-order valence-corrected chi connectivity index (χ3v) is 9.82.